The molecule has 1 aromatic carbocycles. The smallest absolute Gasteiger partial charge is 0.226 e. The van der Waals surface area contributed by atoms with Crippen LogP contribution in [0.5, 0.6) is 5.75 Å². The van der Waals surface area contributed by atoms with Crippen molar-refractivity contribution in [3.05, 3.63) is 29.3 Å². The van der Waals surface area contributed by atoms with Gasteiger partial charge in [-0.15, -0.1) is 0 Å². The number of hydrogen-bond acceptors (Lipinski definition) is 3. The van der Waals surface area contributed by atoms with Crippen molar-refractivity contribution < 1.29 is 14.3 Å². The van der Waals surface area contributed by atoms with Crippen molar-refractivity contribution in [1.82, 2.24) is 4.90 Å². The van der Waals surface area contributed by atoms with Gasteiger partial charge in [0.05, 0.1) is 31.8 Å². The van der Waals surface area contributed by atoms with Crippen LogP contribution in [0, 0.1) is 13.8 Å². The van der Waals surface area contributed by atoms with Gasteiger partial charge in [0.25, 0.3) is 0 Å². The number of rotatable bonds is 4. The lowest BCUT2D eigenvalue weighted by Gasteiger charge is -2.36. The number of aryl methyl sites for hydroxylation is 2. The third-order valence-electron chi connectivity index (χ3n) is 3.85. The fourth-order valence-corrected chi connectivity index (χ4v) is 2.51. The second kappa shape index (κ2) is 6.94. The zero-order valence-corrected chi connectivity index (χ0v) is 13.4. The van der Waals surface area contributed by atoms with E-state index in [1.165, 1.54) is 0 Å². The first kappa shape index (κ1) is 15.8. The summed E-state index contributed by atoms with van der Waals surface area (Å²) in [5, 5.41) is 0. The Morgan fingerprint density at radius 1 is 1.38 bits per heavy atom. The maximum Gasteiger partial charge on any atom is 0.226 e. The molecule has 0 bridgehead atoms. The van der Waals surface area contributed by atoms with Gasteiger partial charge in [-0.3, -0.25) is 4.79 Å². The lowest BCUT2D eigenvalue weighted by Crippen LogP contribution is -2.50. The van der Waals surface area contributed by atoms with Gasteiger partial charge in [-0.1, -0.05) is 12.1 Å². The zero-order chi connectivity index (χ0) is 15.4. The van der Waals surface area contributed by atoms with E-state index >= 15 is 0 Å². The fraction of sp³-hybridized carbons (Fsp3) is 0.588. The first-order valence-electron chi connectivity index (χ1n) is 7.58. The van der Waals surface area contributed by atoms with Crippen LogP contribution in [0.2, 0.25) is 0 Å². The standard InChI is InChI=1S/C17H25NO3/c1-12-5-6-13(2)16(9-12)20-8-7-17(19)18-10-15(4)21-11-14(18)3/h5-6,9,14-15H,7-8,10-11H2,1-4H3. The average Bonchev–Trinajstić information content (AvgIpc) is 2.45. The average molecular weight is 291 g/mol. The molecule has 0 radical (unpaired) electrons. The van der Waals surface area contributed by atoms with E-state index in [2.05, 4.69) is 6.07 Å². The summed E-state index contributed by atoms with van der Waals surface area (Å²) in [5.41, 5.74) is 2.26. The van der Waals surface area contributed by atoms with Gasteiger partial charge in [0.1, 0.15) is 5.75 Å². The molecule has 0 saturated carbocycles. The van der Waals surface area contributed by atoms with Crippen LogP contribution in [-0.4, -0.2) is 42.7 Å². The Kier molecular flexibility index (Phi) is 5.23. The second-order valence-corrected chi connectivity index (χ2v) is 5.91. The van der Waals surface area contributed by atoms with E-state index in [0.29, 0.717) is 26.2 Å². The minimum atomic E-state index is 0.116. The Morgan fingerprint density at radius 2 is 2.14 bits per heavy atom. The Morgan fingerprint density at radius 3 is 2.90 bits per heavy atom. The third-order valence-corrected chi connectivity index (χ3v) is 3.85. The molecule has 21 heavy (non-hydrogen) atoms. The van der Waals surface area contributed by atoms with E-state index in [1.807, 2.05) is 44.7 Å². The van der Waals surface area contributed by atoms with Crippen LogP contribution in [-0.2, 0) is 9.53 Å². The summed E-state index contributed by atoms with van der Waals surface area (Å²) in [6, 6.07) is 6.26. The molecule has 1 aliphatic rings. The lowest BCUT2D eigenvalue weighted by atomic mass is 10.1. The van der Waals surface area contributed by atoms with Crippen molar-refractivity contribution in [1.29, 1.82) is 0 Å². The highest BCUT2D eigenvalue weighted by Gasteiger charge is 2.27. The maximum absolute atomic E-state index is 12.3. The highest BCUT2D eigenvalue weighted by Crippen LogP contribution is 2.19. The van der Waals surface area contributed by atoms with E-state index in [4.69, 9.17) is 9.47 Å². The molecule has 4 heteroatoms. The molecule has 0 N–H and O–H groups in total. The first-order chi connectivity index (χ1) is 9.97. The summed E-state index contributed by atoms with van der Waals surface area (Å²) in [6.45, 7) is 9.78. The van der Waals surface area contributed by atoms with Crippen LogP contribution in [0.3, 0.4) is 0 Å². The highest BCUT2D eigenvalue weighted by molar-refractivity contribution is 5.76. The molecule has 1 heterocycles. The van der Waals surface area contributed by atoms with Gasteiger partial charge in [-0.2, -0.15) is 0 Å². The van der Waals surface area contributed by atoms with Crippen LogP contribution >= 0.6 is 0 Å². The van der Waals surface area contributed by atoms with Gasteiger partial charge in [-0.25, -0.2) is 0 Å². The maximum atomic E-state index is 12.3. The summed E-state index contributed by atoms with van der Waals surface area (Å²) >= 11 is 0. The van der Waals surface area contributed by atoms with Crippen LogP contribution in [0.1, 0.15) is 31.4 Å². The molecular formula is C17H25NO3. The monoisotopic (exact) mass is 291 g/mol. The molecule has 0 aromatic heterocycles. The predicted octanol–water partition coefficient (Wildman–Crippen LogP) is 2.71. The van der Waals surface area contributed by atoms with Gasteiger partial charge >= 0.3 is 0 Å². The van der Waals surface area contributed by atoms with Gasteiger partial charge in [0, 0.05) is 6.54 Å². The quantitative estimate of drug-likeness (QED) is 0.856. The van der Waals surface area contributed by atoms with Crippen molar-refractivity contribution in [2.24, 2.45) is 0 Å². The molecule has 1 amide bonds. The fourth-order valence-electron chi connectivity index (χ4n) is 2.51. The largest absolute Gasteiger partial charge is 0.493 e. The van der Waals surface area contributed by atoms with E-state index in [9.17, 15) is 4.79 Å². The number of morpholine rings is 1. The number of amides is 1. The number of hydrogen-bond donors (Lipinski definition) is 0. The normalized spacial score (nSPS) is 22.2. The van der Waals surface area contributed by atoms with Gasteiger partial charge in [0.2, 0.25) is 5.91 Å². The van der Waals surface area contributed by atoms with Crippen molar-refractivity contribution in [3.8, 4) is 5.75 Å². The van der Waals surface area contributed by atoms with Crippen LogP contribution < -0.4 is 4.74 Å². The topological polar surface area (TPSA) is 38.8 Å². The predicted molar refractivity (Wildman–Crippen MR) is 82.6 cm³/mol. The number of ether oxygens (including phenoxy) is 2. The molecule has 0 aliphatic carbocycles. The molecule has 1 aromatic rings. The van der Waals surface area contributed by atoms with Crippen molar-refractivity contribution in [2.45, 2.75) is 46.3 Å². The summed E-state index contributed by atoms with van der Waals surface area (Å²) in [5.74, 6) is 1.01. The molecule has 4 nitrogen and oxygen atoms in total. The molecule has 2 rings (SSSR count). The SMILES string of the molecule is Cc1ccc(C)c(OCCC(=O)N2CC(C)OCC2C)c1. The molecular weight excluding hydrogens is 266 g/mol. The minimum Gasteiger partial charge on any atom is -0.493 e. The molecule has 1 saturated heterocycles. The summed E-state index contributed by atoms with van der Waals surface area (Å²) in [4.78, 5) is 14.2. The number of carbonyl (C=O) groups is 1. The van der Waals surface area contributed by atoms with Gasteiger partial charge in [-0.05, 0) is 44.9 Å². The molecule has 0 spiro atoms. The Hall–Kier alpha value is -1.55. The van der Waals surface area contributed by atoms with E-state index in [1.54, 1.807) is 0 Å². The van der Waals surface area contributed by atoms with Crippen molar-refractivity contribution in [2.75, 3.05) is 19.8 Å². The summed E-state index contributed by atoms with van der Waals surface area (Å²) < 4.78 is 11.3. The van der Waals surface area contributed by atoms with Crippen molar-refractivity contribution >= 4 is 5.91 Å². The molecule has 1 fully saturated rings. The Balaban J connectivity index is 1.85. The Labute approximate surface area is 127 Å². The van der Waals surface area contributed by atoms with E-state index in [-0.39, 0.29) is 18.1 Å². The lowest BCUT2D eigenvalue weighted by molar-refractivity contribution is -0.143. The number of carbonyl (C=O) groups excluding carboxylic acids is 1. The van der Waals surface area contributed by atoms with Crippen LogP contribution in [0.4, 0.5) is 0 Å². The minimum absolute atomic E-state index is 0.116. The van der Waals surface area contributed by atoms with Crippen LogP contribution in [0.15, 0.2) is 18.2 Å². The number of benzene rings is 1. The summed E-state index contributed by atoms with van der Waals surface area (Å²) in [7, 11) is 0. The molecule has 2 unspecified atom stereocenters. The summed E-state index contributed by atoms with van der Waals surface area (Å²) in [6.07, 6.45) is 0.523. The zero-order valence-electron chi connectivity index (χ0n) is 13.4. The first-order valence-corrected chi connectivity index (χ1v) is 7.58. The Bertz CT molecular complexity index is 501. The second-order valence-electron chi connectivity index (χ2n) is 5.91. The van der Waals surface area contributed by atoms with E-state index < -0.39 is 0 Å². The molecule has 2 atom stereocenters. The molecule has 116 valence electrons. The molecule has 1 aliphatic heterocycles. The highest BCUT2D eigenvalue weighted by atomic mass is 16.5. The van der Waals surface area contributed by atoms with Crippen molar-refractivity contribution in [3.63, 3.8) is 0 Å². The third kappa shape index (κ3) is 4.21. The van der Waals surface area contributed by atoms with Gasteiger partial charge in [0.15, 0.2) is 0 Å². The van der Waals surface area contributed by atoms with E-state index in [0.717, 1.165) is 16.9 Å². The van der Waals surface area contributed by atoms with Gasteiger partial charge < -0.3 is 14.4 Å². The van der Waals surface area contributed by atoms with Crippen LogP contribution in [0.25, 0.3) is 0 Å². The number of nitrogens with zero attached hydrogens (tertiary/aromatic N) is 1.